The van der Waals surface area contributed by atoms with Gasteiger partial charge in [-0.05, 0) is 43.2 Å². The maximum Gasteiger partial charge on any atom is 0.321 e. The van der Waals surface area contributed by atoms with Gasteiger partial charge < -0.3 is 20.0 Å². The summed E-state index contributed by atoms with van der Waals surface area (Å²) >= 11 is 0. The zero-order chi connectivity index (χ0) is 21.8. The molecular formula is C22H25N5O4. The minimum atomic E-state index is -0.382. The van der Waals surface area contributed by atoms with Crippen LogP contribution in [0.4, 0.5) is 21.9 Å². The minimum absolute atomic E-state index is 0.0292. The molecule has 0 spiro atoms. The van der Waals surface area contributed by atoms with Crippen LogP contribution in [0.3, 0.4) is 0 Å². The number of hydrogen-bond donors (Lipinski definition) is 1. The number of nitrogens with zero attached hydrogens (tertiary/aromatic N) is 4. The van der Waals surface area contributed by atoms with Crippen molar-refractivity contribution in [1.29, 1.82) is 0 Å². The Morgan fingerprint density at radius 3 is 2.13 bits per heavy atom. The monoisotopic (exact) mass is 423 g/mol. The molecule has 0 radical (unpaired) electrons. The van der Waals surface area contributed by atoms with Crippen molar-refractivity contribution in [2.45, 2.75) is 12.8 Å². The third-order valence-electron chi connectivity index (χ3n) is 5.76. The van der Waals surface area contributed by atoms with Gasteiger partial charge in [0.05, 0.1) is 4.92 Å². The van der Waals surface area contributed by atoms with Crippen molar-refractivity contribution in [1.82, 2.24) is 9.80 Å². The second-order valence-electron chi connectivity index (χ2n) is 7.73. The fourth-order valence-electron chi connectivity index (χ4n) is 4.04. The Balaban J connectivity index is 1.32. The van der Waals surface area contributed by atoms with Crippen LogP contribution in [0.25, 0.3) is 0 Å². The van der Waals surface area contributed by atoms with Gasteiger partial charge in [-0.2, -0.15) is 0 Å². The Bertz CT molecular complexity index is 964. The molecule has 0 atom stereocenters. The summed E-state index contributed by atoms with van der Waals surface area (Å²) in [5.41, 5.74) is 1.90. The number of rotatable bonds is 4. The number of nitro groups is 1. The van der Waals surface area contributed by atoms with Gasteiger partial charge in [-0.3, -0.25) is 14.9 Å². The molecule has 0 unspecified atom stereocenters. The molecule has 3 amide bonds. The van der Waals surface area contributed by atoms with Crippen LogP contribution in [0, 0.1) is 10.1 Å². The number of anilines is 2. The van der Waals surface area contributed by atoms with Crippen LogP contribution in [0.2, 0.25) is 0 Å². The van der Waals surface area contributed by atoms with Crippen LogP contribution < -0.4 is 10.2 Å². The van der Waals surface area contributed by atoms with E-state index in [0.29, 0.717) is 43.1 Å². The van der Waals surface area contributed by atoms with Crippen LogP contribution in [0.15, 0.2) is 48.5 Å². The van der Waals surface area contributed by atoms with E-state index in [2.05, 4.69) is 5.32 Å². The molecule has 0 bridgehead atoms. The second kappa shape index (κ2) is 9.03. The topological polar surface area (TPSA) is 99.0 Å². The zero-order valence-electron chi connectivity index (χ0n) is 17.2. The molecule has 2 heterocycles. The average molecular weight is 423 g/mol. The fraction of sp³-hybridized carbons (Fsp3) is 0.364. The molecule has 1 N–H and O–H groups in total. The highest BCUT2D eigenvalue weighted by Crippen LogP contribution is 2.28. The molecule has 2 fully saturated rings. The van der Waals surface area contributed by atoms with E-state index in [0.717, 1.165) is 25.9 Å². The molecule has 0 aromatic heterocycles. The van der Waals surface area contributed by atoms with Crippen molar-refractivity contribution in [2.75, 3.05) is 49.5 Å². The number of nitrogens with one attached hydrogen (secondary N) is 1. The third kappa shape index (κ3) is 4.60. The second-order valence-corrected chi connectivity index (χ2v) is 7.73. The zero-order valence-corrected chi connectivity index (χ0v) is 17.2. The van der Waals surface area contributed by atoms with E-state index < -0.39 is 0 Å². The molecule has 2 aliphatic heterocycles. The number of carbonyl (C=O) groups is 2. The lowest BCUT2D eigenvalue weighted by atomic mass is 10.2. The highest BCUT2D eigenvalue weighted by molar-refractivity contribution is 5.95. The van der Waals surface area contributed by atoms with Crippen molar-refractivity contribution < 1.29 is 14.5 Å². The van der Waals surface area contributed by atoms with Crippen molar-refractivity contribution in [3.8, 4) is 0 Å². The minimum Gasteiger partial charge on any atom is -0.362 e. The first-order chi connectivity index (χ1) is 15.0. The van der Waals surface area contributed by atoms with E-state index in [1.165, 1.54) is 6.07 Å². The number of benzene rings is 2. The maximum atomic E-state index is 12.6. The standard InChI is InChI=1S/C22H25N5O4/c28-21(25-11-3-4-12-25)17-7-9-18(10-8-17)23-22(29)26-15-13-24(14-16-26)19-5-1-2-6-20(19)27(30)31/h1-2,5-10H,3-4,11-16H2,(H,23,29). The first kappa shape index (κ1) is 20.6. The van der Waals surface area contributed by atoms with E-state index >= 15 is 0 Å². The predicted octanol–water partition coefficient (Wildman–Crippen LogP) is 3.18. The predicted molar refractivity (Wildman–Crippen MR) is 117 cm³/mol. The van der Waals surface area contributed by atoms with Gasteiger partial charge in [-0.15, -0.1) is 0 Å². The Morgan fingerprint density at radius 2 is 1.48 bits per heavy atom. The number of piperazine rings is 1. The number of hydrogen-bond acceptors (Lipinski definition) is 5. The number of nitro benzene ring substituents is 1. The quantitative estimate of drug-likeness (QED) is 0.601. The van der Waals surface area contributed by atoms with Gasteiger partial charge in [0.25, 0.3) is 11.6 Å². The first-order valence-electron chi connectivity index (χ1n) is 10.5. The molecule has 2 saturated heterocycles. The molecule has 9 nitrogen and oxygen atoms in total. The molecule has 2 aromatic carbocycles. The largest absolute Gasteiger partial charge is 0.362 e. The number of para-hydroxylation sites is 2. The van der Waals surface area contributed by atoms with Crippen LogP contribution in [0.5, 0.6) is 0 Å². The lowest BCUT2D eigenvalue weighted by Gasteiger charge is -2.35. The van der Waals surface area contributed by atoms with Crippen molar-refractivity contribution in [3.05, 3.63) is 64.2 Å². The molecule has 2 aliphatic rings. The first-order valence-corrected chi connectivity index (χ1v) is 10.5. The van der Waals surface area contributed by atoms with Crippen LogP contribution in [0.1, 0.15) is 23.2 Å². The smallest absolute Gasteiger partial charge is 0.321 e. The van der Waals surface area contributed by atoms with Crippen molar-refractivity contribution >= 4 is 29.0 Å². The van der Waals surface area contributed by atoms with E-state index in [-0.39, 0.29) is 22.5 Å². The fourth-order valence-corrected chi connectivity index (χ4v) is 4.04. The Morgan fingerprint density at radius 1 is 0.839 bits per heavy atom. The normalized spacial score (nSPS) is 16.3. The van der Waals surface area contributed by atoms with E-state index in [4.69, 9.17) is 0 Å². The van der Waals surface area contributed by atoms with Gasteiger partial charge >= 0.3 is 6.03 Å². The number of amides is 3. The molecule has 0 aliphatic carbocycles. The summed E-state index contributed by atoms with van der Waals surface area (Å²) in [4.78, 5) is 41.4. The van der Waals surface area contributed by atoms with Gasteiger partial charge in [-0.1, -0.05) is 12.1 Å². The summed E-state index contributed by atoms with van der Waals surface area (Å²) in [6.45, 7) is 3.56. The molecule has 162 valence electrons. The summed E-state index contributed by atoms with van der Waals surface area (Å²) in [6.07, 6.45) is 2.09. The highest BCUT2D eigenvalue weighted by Gasteiger charge is 2.25. The lowest BCUT2D eigenvalue weighted by molar-refractivity contribution is -0.384. The van der Waals surface area contributed by atoms with E-state index in [1.807, 2.05) is 9.80 Å². The SMILES string of the molecule is O=C(Nc1ccc(C(=O)N2CCCC2)cc1)N1CCN(c2ccccc2[N+](=O)[O-])CC1. The lowest BCUT2D eigenvalue weighted by Crippen LogP contribution is -2.50. The van der Waals surface area contributed by atoms with Crippen LogP contribution >= 0.6 is 0 Å². The molecule has 9 heteroatoms. The summed E-state index contributed by atoms with van der Waals surface area (Å²) in [7, 11) is 0. The summed E-state index contributed by atoms with van der Waals surface area (Å²) in [5, 5.41) is 14.1. The summed E-state index contributed by atoms with van der Waals surface area (Å²) < 4.78 is 0. The van der Waals surface area contributed by atoms with Gasteiger partial charge in [0.1, 0.15) is 5.69 Å². The Kier molecular flexibility index (Phi) is 6.01. The van der Waals surface area contributed by atoms with Gasteiger partial charge in [0, 0.05) is 56.6 Å². The van der Waals surface area contributed by atoms with Crippen LogP contribution in [-0.2, 0) is 0 Å². The third-order valence-corrected chi connectivity index (χ3v) is 5.76. The van der Waals surface area contributed by atoms with Gasteiger partial charge in [0.15, 0.2) is 0 Å². The Labute approximate surface area is 180 Å². The maximum absolute atomic E-state index is 12.6. The van der Waals surface area contributed by atoms with Crippen LogP contribution in [-0.4, -0.2) is 65.9 Å². The summed E-state index contributed by atoms with van der Waals surface area (Å²) in [6, 6.07) is 13.4. The molecule has 31 heavy (non-hydrogen) atoms. The van der Waals surface area contributed by atoms with Gasteiger partial charge in [-0.25, -0.2) is 4.79 Å². The molecule has 4 rings (SSSR count). The van der Waals surface area contributed by atoms with Crippen molar-refractivity contribution in [3.63, 3.8) is 0 Å². The van der Waals surface area contributed by atoms with E-state index in [1.54, 1.807) is 47.4 Å². The number of carbonyl (C=O) groups excluding carboxylic acids is 2. The molecule has 0 saturated carbocycles. The average Bonchev–Trinajstić information content (AvgIpc) is 3.34. The summed E-state index contributed by atoms with van der Waals surface area (Å²) in [5.74, 6) is 0.0292. The van der Waals surface area contributed by atoms with E-state index in [9.17, 15) is 19.7 Å². The molecular weight excluding hydrogens is 398 g/mol. The Hall–Kier alpha value is -3.62. The van der Waals surface area contributed by atoms with Gasteiger partial charge in [0.2, 0.25) is 0 Å². The number of urea groups is 1. The number of likely N-dealkylation sites (tertiary alicyclic amines) is 1. The molecule has 2 aromatic rings. The highest BCUT2D eigenvalue weighted by atomic mass is 16.6. The van der Waals surface area contributed by atoms with Crippen molar-refractivity contribution in [2.24, 2.45) is 0 Å².